The fourth-order valence-electron chi connectivity index (χ4n) is 3.85. The second kappa shape index (κ2) is 13.0. The molecule has 11 heteroatoms. The van der Waals surface area contributed by atoms with E-state index in [1.165, 1.54) is 23.9 Å². The molecule has 1 aromatic heterocycles. The molecule has 0 saturated heterocycles. The van der Waals surface area contributed by atoms with E-state index in [-0.39, 0.29) is 28.5 Å². The number of aromatic carboxylic acids is 1. The van der Waals surface area contributed by atoms with Crippen LogP contribution in [0.25, 0.3) is 0 Å². The van der Waals surface area contributed by atoms with Crippen molar-refractivity contribution in [2.24, 2.45) is 0 Å². The van der Waals surface area contributed by atoms with Gasteiger partial charge >= 0.3 is 5.97 Å². The summed E-state index contributed by atoms with van der Waals surface area (Å²) >= 11 is 2.27. The SMILES string of the molecule is Cc1c(C(=O)Nc2ccccc2)sc(NC(=O)C(C)Sc2cccc(NC(=O)c3ccccc3C(=O)O)c2)c1C#N. The number of benzene rings is 3. The summed E-state index contributed by atoms with van der Waals surface area (Å²) in [5.41, 5.74) is 1.68. The van der Waals surface area contributed by atoms with Gasteiger partial charge in [0.2, 0.25) is 5.91 Å². The number of nitrogens with one attached hydrogen (secondary N) is 3. The number of rotatable bonds is 9. The summed E-state index contributed by atoms with van der Waals surface area (Å²) in [6.45, 7) is 3.36. The maximum atomic E-state index is 13.1. The number of anilines is 3. The van der Waals surface area contributed by atoms with Crippen LogP contribution in [0.15, 0.2) is 83.8 Å². The Kier molecular flexibility index (Phi) is 9.19. The van der Waals surface area contributed by atoms with Gasteiger partial charge in [0, 0.05) is 16.3 Å². The molecule has 1 atom stereocenters. The van der Waals surface area contributed by atoms with Crippen LogP contribution in [0.2, 0.25) is 0 Å². The van der Waals surface area contributed by atoms with Crippen LogP contribution >= 0.6 is 23.1 Å². The smallest absolute Gasteiger partial charge is 0.336 e. The Hall–Kier alpha value is -4.92. The molecule has 4 rings (SSSR count). The van der Waals surface area contributed by atoms with Crippen molar-refractivity contribution in [3.63, 3.8) is 0 Å². The number of carboxylic acid groups (broad SMARTS) is 1. The monoisotopic (exact) mass is 584 g/mol. The molecule has 0 aliphatic carbocycles. The number of nitriles is 1. The Bertz CT molecular complexity index is 1680. The van der Waals surface area contributed by atoms with E-state index in [9.17, 15) is 29.5 Å². The molecule has 206 valence electrons. The van der Waals surface area contributed by atoms with E-state index in [2.05, 4.69) is 22.0 Å². The Labute approximate surface area is 244 Å². The van der Waals surface area contributed by atoms with Crippen molar-refractivity contribution in [1.29, 1.82) is 5.26 Å². The van der Waals surface area contributed by atoms with Gasteiger partial charge in [0.25, 0.3) is 11.8 Å². The maximum Gasteiger partial charge on any atom is 0.336 e. The summed E-state index contributed by atoms with van der Waals surface area (Å²) in [5.74, 6) is -2.51. The number of carboxylic acids is 1. The molecule has 0 radical (unpaired) electrons. The molecule has 3 amide bonds. The molecule has 3 aromatic carbocycles. The first-order chi connectivity index (χ1) is 19.7. The van der Waals surface area contributed by atoms with Crippen LogP contribution in [-0.4, -0.2) is 34.0 Å². The van der Waals surface area contributed by atoms with Crippen molar-refractivity contribution in [3.8, 4) is 6.07 Å². The summed E-state index contributed by atoms with van der Waals surface area (Å²) < 4.78 is 0. The average molecular weight is 585 g/mol. The summed E-state index contributed by atoms with van der Waals surface area (Å²) in [6.07, 6.45) is 0. The van der Waals surface area contributed by atoms with Crippen molar-refractivity contribution in [2.45, 2.75) is 24.0 Å². The van der Waals surface area contributed by atoms with Gasteiger partial charge in [-0.2, -0.15) is 5.26 Å². The molecule has 0 aliphatic rings. The largest absolute Gasteiger partial charge is 0.478 e. The third kappa shape index (κ3) is 7.00. The van der Waals surface area contributed by atoms with Gasteiger partial charge in [0.15, 0.2) is 0 Å². The van der Waals surface area contributed by atoms with E-state index in [4.69, 9.17) is 0 Å². The molecule has 9 nitrogen and oxygen atoms in total. The summed E-state index contributed by atoms with van der Waals surface area (Å²) in [6, 6.07) is 23.7. The first kappa shape index (κ1) is 29.1. The molecule has 0 fully saturated rings. The minimum atomic E-state index is -1.20. The third-order valence-corrected chi connectivity index (χ3v) is 8.21. The lowest BCUT2D eigenvalue weighted by atomic mass is 10.1. The van der Waals surface area contributed by atoms with Gasteiger partial charge in [0.1, 0.15) is 11.1 Å². The molecule has 0 saturated carbocycles. The molecule has 4 aromatic rings. The number of amides is 3. The minimum absolute atomic E-state index is 0.0298. The highest BCUT2D eigenvalue weighted by Gasteiger charge is 2.24. The van der Waals surface area contributed by atoms with Crippen LogP contribution in [0.5, 0.6) is 0 Å². The van der Waals surface area contributed by atoms with Gasteiger partial charge in [-0.15, -0.1) is 23.1 Å². The number of thioether (sulfide) groups is 1. The number of carbonyl (C=O) groups excluding carboxylic acids is 3. The molecule has 0 spiro atoms. The minimum Gasteiger partial charge on any atom is -0.478 e. The molecular weight excluding hydrogens is 560 g/mol. The Balaban J connectivity index is 1.43. The van der Waals surface area contributed by atoms with Crippen LogP contribution in [0.1, 0.15) is 48.4 Å². The zero-order valence-electron chi connectivity index (χ0n) is 21.9. The van der Waals surface area contributed by atoms with E-state index in [0.29, 0.717) is 31.7 Å². The van der Waals surface area contributed by atoms with Crippen LogP contribution in [0, 0.1) is 18.3 Å². The summed E-state index contributed by atoms with van der Waals surface area (Å²) in [4.78, 5) is 51.1. The number of thiophene rings is 1. The highest BCUT2D eigenvalue weighted by molar-refractivity contribution is 8.00. The Morgan fingerprint density at radius 2 is 1.49 bits per heavy atom. The van der Waals surface area contributed by atoms with Crippen LogP contribution in [-0.2, 0) is 4.79 Å². The fraction of sp³-hybridized carbons (Fsp3) is 0.100. The van der Waals surface area contributed by atoms with Crippen molar-refractivity contribution in [2.75, 3.05) is 16.0 Å². The summed E-state index contributed by atoms with van der Waals surface area (Å²) in [5, 5.41) is 27.0. The van der Waals surface area contributed by atoms with Crippen molar-refractivity contribution >= 4 is 63.2 Å². The summed E-state index contributed by atoms with van der Waals surface area (Å²) in [7, 11) is 0. The molecular formula is C30H24N4O5S2. The first-order valence-electron chi connectivity index (χ1n) is 12.3. The number of hydrogen-bond acceptors (Lipinski definition) is 7. The van der Waals surface area contributed by atoms with Gasteiger partial charge in [-0.05, 0) is 61.9 Å². The fourth-order valence-corrected chi connectivity index (χ4v) is 5.83. The lowest BCUT2D eigenvalue weighted by Gasteiger charge is -2.13. The van der Waals surface area contributed by atoms with Crippen LogP contribution < -0.4 is 16.0 Å². The van der Waals surface area contributed by atoms with E-state index in [1.54, 1.807) is 74.5 Å². The Morgan fingerprint density at radius 1 is 0.854 bits per heavy atom. The predicted molar refractivity (Wildman–Crippen MR) is 160 cm³/mol. The van der Waals surface area contributed by atoms with Gasteiger partial charge in [-0.1, -0.05) is 36.4 Å². The zero-order valence-corrected chi connectivity index (χ0v) is 23.6. The topological polar surface area (TPSA) is 148 Å². The molecule has 1 unspecified atom stereocenters. The number of carbonyl (C=O) groups is 4. The highest BCUT2D eigenvalue weighted by Crippen LogP contribution is 2.34. The van der Waals surface area contributed by atoms with Crippen LogP contribution in [0.4, 0.5) is 16.4 Å². The lowest BCUT2D eigenvalue weighted by molar-refractivity contribution is -0.115. The zero-order chi connectivity index (χ0) is 29.5. The van der Waals surface area contributed by atoms with E-state index in [0.717, 1.165) is 11.3 Å². The lowest BCUT2D eigenvalue weighted by Crippen LogP contribution is -2.22. The quantitative estimate of drug-likeness (QED) is 0.170. The first-order valence-corrected chi connectivity index (χ1v) is 14.0. The molecule has 0 aliphatic heterocycles. The van der Waals surface area contributed by atoms with Crippen molar-refractivity contribution in [3.05, 3.63) is 106 Å². The maximum absolute atomic E-state index is 13.1. The third-order valence-electron chi connectivity index (χ3n) is 5.91. The Morgan fingerprint density at radius 3 is 2.17 bits per heavy atom. The number of para-hydroxylation sites is 1. The molecule has 41 heavy (non-hydrogen) atoms. The number of hydrogen-bond donors (Lipinski definition) is 4. The standard InChI is InChI=1S/C30H24N4O5S2/c1-17-24(16-31)29(41-25(17)28(37)32-19-9-4-3-5-10-19)34-26(35)18(2)40-21-12-8-11-20(15-21)33-27(36)22-13-6-7-14-23(22)30(38)39/h3-15,18H,1-2H3,(H,32,37)(H,33,36)(H,34,35)(H,38,39). The molecule has 0 bridgehead atoms. The molecule has 4 N–H and O–H groups in total. The van der Waals surface area contributed by atoms with Gasteiger partial charge in [0.05, 0.1) is 26.8 Å². The average Bonchev–Trinajstić information content (AvgIpc) is 3.28. The van der Waals surface area contributed by atoms with Gasteiger partial charge in [-0.25, -0.2) is 4.79 Å². The predicted octanol–water partition coefficient (Wildman–Crippen LogP) is 6.25. The number of nitrogens with zero attached hydrogens (tertiary/aromatic N) is 1. The van der Waals surface area contributed by atoms with Crippen LogP contribution in [0.3, 0.4) is 0 Å². The second-order valence-electron chi connectivity index (χ2n) is 8.77. The highest BCUT2D eigenvalue weighted by atomic mass is 32.2. The normalized spacial score (nSPS) is 11.1. The van der Waals surface area contributed by atoms with E-state index >= 15 is 0 Å². The van der Waals surface area contributed by atoms with Gasteiger partial charge < -0.3 is 21.1 Å². The molecule has 1 heterocycles. The van der Waals surface area contributed by atoms with E-state index in [1.807, 2.05) is 6.07 Å². The van der Waals surface area contributed by atoms with Crippen molar-refractivity contribution < 1.29 is 24.3 Å². The van der Waals surface area contributed by atoms with Gasteiger partial charge in [-0.3, -0.25) is 14.4 Å². The van der Waals surface area contributed by atoms with Crippen molar-refractivity contribution in [1.82, 2.24) is 0 Å². The second-order valence-corrected chi connectivity index (χ2v) is 11.2. The van der Waals surface area contributed by atoms with E-state index < -0.39 is 17.1 Å².